The monoisotopic (exact) mass is 596 g/mol. The van der Waals surface area contributed by atoms with Gasteiger partial charge in [0.1, 0.15) is 0 Å². The molecule has 4 unspecified atom stereocenters. The summed E-state index contributed by atoms with van der Waals surface area (Å²) in [6.07, 6.45) is 2.20. The van der Waals surface area contributed by atoms with Crippen LogP contribution < -0.4 is 49.9 Å². The molecule has 0 aromatic heterocycles. The van der Waals surface area contributed by atoms with Gasteiger partial charge in [0.15, 0.2) is 5.96 Å². The lowest BCUT2D eigenvalue weighted by molar-refractivity contribution is -0.132. The number of rotatable bonds is 14. The van der Waals surface area contributed by atoms with E-state index in [1.165, 1.54) is 0 Å². The SMILES string of the molecule is CC(N)=NCCCC(N)C(=O)NC(C)(C)C1(C)NC(C)(C)C(C)(C(C)(C)NC(=O)C(N)CCCN=C(N)N)NC1(C)C. The van der Waals surface area contributed by atoms with E-state index in [4.69, 9.17) is 28.7 Å². The minimum atomic E-state index is -0.739. The molecule has 0 aromatic rings. The van der Waals surface area contributed by atoms with Gasteiger partial charge in [0.05, 0.1) is 40.1 Å². The van der Waals surface area contributed by atoms with Gasteiger partial charge in [-0.25, -0.2) is 0 Å². The van der Waals surface area contributed by atoms with Crippen molar-refractivity contribution < 1.29 is 9.59 Å². The topological polar surface area (TPSA) is 237 Å². The molecule has 0 bridgehead atoms. The number of hydrogen-bond donors (Lipinski definition) is 9. The second kappa shape index (κ2) is 13.4. The number of aliphatic imine (C=N–C) groups is 2. The zero-order valence-electron chi connectivity index (χ0n) is 28.0. The van der Waals surface area contributed by atoms with E-state index in [2.05, 4.69) is 72.8 Å². The summed E-state index contributed by atoms with van der Waals surface area (Å²) in [4.78, 5) is 34.6. The van der Waals surface area contributed by atoms with Crippen LogP contribution in [0.25, 0.3) is 0 Å². The minimum Gasteiger partial charge on any atom is -0.388 e. The standard InChI is InChI=1S/C29H61N11O2/c1-18(30)35-16-12-14-19(31)21(41)37-24(2,3)28(10)26(6,7)40-29(11,27(8,9)39-28)25(4,5)38-22(42)20(32)15-13-17-36-23(33)34/h19-20,39-40H,12-17,31-32H2,1-11H3,(H2,30,35)(H,37,41)(H,38,42)(H4,33,34,36). The predicted octanol–water partition coefficient (Wildman–Crippen LogP) is -0.0911. The first-order valence-corrected chi connectivity index (χ1v) is 14.9. The highest BCUT2D eigenvalue weighted by molar-refractivity contribution is 5.83. The van der Waals surface area contributed by atoms with Crippen LogP contribution in [0.4, 0.5) is 0 Å². The second-order valence-electron chi connectivity index (χ2n) is 14.3. The zero-order valence-corrected chi connectivity index (χ0v) is 28.0. The van der Waals surface area contributed by atoms with Gasteiger partial charge in [-0.1, -0.05) is 0 Å². The van der Waals surface area contributed by atoms with Crippen LogP contribution >= 0.6 is 0 Å². The smallest absolute Gasteiger partial charge is 0.237 e. The van der Waals surface area contributed by atoms with Gasteiger partial charge in [-0.3, -0.25) is 19.6 Å². The Balaban J connectivity index is 3.14. The Kier molecular flexibility index (Phi) is 12.0. The van der Waals surface area contributed by atoms with E-state index >= 15 is 0 Å². The van der Waals surface area contributed by atoms with Crippen LogP contribution in [0, 0.1) is 0 Å². The number of nitrogens with two attached hydrogens (primary N) is 5. The van der Waals surface area contributed by atoms with E-state index in [1.807, 2.05) is 27.7 Å². The first-order chi connectivity index (χ1) is 18.9. The average Bonchev–Trinajstić information content (AvgIpc) is 2.81. The van der Waals surface area contributed by atoms with Crippen molar-refractivity contribution in [2.75, 3.05) is 13.1 Å². The molecule has 42 heavy (non-hydrogen) atoms. The summed E-state index contributed by atoms with van der Waals surface area (Å²) in [6.45, 7) is 23.3. The fourth-order valence-electron chi connectivity index (χ4n) is 6.09. The third-order valence-corrected chi connectivity index (χ3v) is 9.67. The van der Waals surface area contributed by atoms with Gasteiger partial charge in [0.2, 0.25) is 11.8 Å². The molecule has 244 valence electrons. The van der Waals surface area contributed by atoms with Gasteiger partial charge in [0.25, 0.3) is 0 Å². The summed E-state index contributed by atoms with van der Waals surface area (Å²) in [5.41, 5.74) is 24.9. The number of carbonyl (C=O) groups is 2. The minimum absolute atomic E-state index is 0.0176. The molecule has 2 amide bonds. The highest BCUT2D eigenvalue weighted by Crippen LogP contribution is 2.46. The fourth-order valence-corrected chi connectivity index (χ4v) is 6.09. The Bertz CT molecular complexity index is 933. The number of amidine groups is 1. The summed E-state index contributed by atoms with van der Waals surface area (Å²) < 4.78 is 0. The molecule has 1 rings (SSSR count). The van der Waals surface area contributed by atoms with Crippen molar-refractivity contribution in [1.29, 1.82) is 0 Å². The highest BCUT2D eigenvalue weighted by atomic mass is 16.2. The van der Waals surface area contributed by atoms with Crippen molar-refractivity contribution in [2.45, 2.75) is 147 Å². The van der Waals surface area contributed by atoms with E-state index < -0.39 is 45.3 Å². The van der Waals surface area contributed by atoms with Gasteiger partial charge in [-0.05, 0) is 102 Å². The molecule has 1 fully saturated rings. The Hall–Kier alpha value is -2.48. The van der Waals surface area contributed by atoms with Crippen molar-refractivity contribution >= 4 is 23.6 Å². The molecule has 0 radical (unpaired) electrons. The number of nitrogens with zero attached hydrogens (tertiary/aromatic N) is 2. The molecule has 0 aliphatic carbocycles. The lowest BCUT2D eigenvalue weighted by Crippen LogP contribution is -2.93. The summed E-state index contributed by atoms with van der Waals surface area (Å²) in [5, 5.41) is 14.2. The third kappa shape index (κ3) is 8.33. The van der Waals surface area contributed by atoms with Crippen LogP contribution in [0.5, 0.6) is 0 Å². The summed E-state index contributed by atoms with van der Waals surface area (Å²) >= 11 is 0. The number of nitrogens with one attached hydrogen (secondary N) is 4. The first kappa shape index (κ1) is 37.5. The van der Waals surface area contributed by atoms with Crippen LogP contribution in [-0.2, 0) is 9.59 Å². The van der Waals surface area contributed by atoms with Gasteiger partial charge in [0, 0.05) is 24.2 Å². The molecule has 13 nitrogen and oxygen atoms in total. The average molecular weight is 596 g/mol. The number of guanidine groups is 1. The Labute approximate surface area is 253 Å². The normalized spacial score (nSPS) is 25.7. The summed E-state index contributed by atoms with van der Waals surface area (Å²) in [7, 11) is 0. The molecule has 0 saturated carbocycles. The molecule has 1 heterocycles. The maximum absolute atomic E-state index is 13.2. The zero-order chi connectivity index (χ0) is 32.9. The Morgan fingerprint density at radius 1 is 0.714 bits per heavy atom. The lowest BCUT2D eigenvalue weighted by Gasteiger charge is -2.70. The third-order valence-electron chi connectivity index (χ3n) is 9.67. The Morgan fingerprint density at radius 3 is 1.36 bits per heavy atom. The first-order valence-electron chi connectivity index (χ1n) is 14.9. The predicted molar refractivity (Wildman–Crippen MR) is 173 cm³/mol. The molecule has 13 heteroatoms. The molecular weight excluding hydrogens is 534 g/mol. The van der Waals surface area contributed by atoms with Gasteiger partial charge < -0.3 is 49.9 Å². The van der Waals surface area contributed by atoms with Gasteiger partial charge in [-0.15, -0.1) is 0 Å². The van der Waals surface area contributed by atoms with Crippen molar-refractivity contribution in [1.82, 2.24) is 21.3 Å². The molecular formula is C29H61N11O2. The van der Waals surface area contributed by atoms with Crippen molar-refractivity contribution in [2.24, 2.45) is 38.7 Å². The van der Waals surface area contributed by atoms with Crippen molar-refractivity contribution in [3.8, 4) is 0 Å². The van der Waals surface area contributed by atoms with E-state index in [-0.39, 0.29) is 17.8 Å². The number of hydrogen-bond acceptors (Lipinski definition) is 8. The molecule has 0 aromatic carbocycles. The van der Waals surface area contributed by atoms with Crippen LogP contribution in [0.15, 0.2) is 9.98 Å². The molecule has 0 spiro atoms. The second-order valence-corrected chi connectivity index (χ2v) is 14.3. The molecule has 4 atom stereocenters. The molecule has 1 saturated heterocycles. The van der Waals surface area contributed by atoms with Crippen molar-refractivity contribution in [3.63, 3.8) is 0 Å². The van der Waals surface area contributed by atoms with E-state index in [1.54, 1.807) is 6.92 Å². The largest absolute Gasteiger partial charge is 0.388 e. The Morgan fingerprint density at radius 2 is 1.05 bits per heavy atom. The number of piperazine rings is 1. The van der Waals surface area contributed by atoms with Crippen LogP contribution in [0.3, 0.4) is 0 Å². The molecule has 14 N–H and O–H groups in total. The van der Waals surface area contributed by atoms with E-state index in [0.29, 0.717) is 44.6 Å². The summed E-state index contributed by atoms with van der Waals surface area (Å²) in [6, 6.07) is -1.37. The van der Waals surface area contributed by atoms with E-state index in [0.717, 1.165) is 0 Å². The van der Waals surface area contributed by atoms with E-state index in [9.17, 15) is 9.59 Å². The summed E-state index contributed by atoms with van der Waals surface area (Å²) in [5.74, 6) is 0.0623. The number of amides is 2. The highest BCUT2D eigenvalue weighted by Gasteiger charge is 2.66. The maximum Gasteiger partial charge on any atom is 0.237 e. The maximum atomic E-state index is 13.2. The van der Waals surface area contributed by atoms with Crippen LogP contribution in [-0.4, -0.2) is 82.0 Å². The molecule has 1 aliphatic heterocycles. The lowest BCUT2D eigenvalue weighted by atomic mass is 9.57. The molecule has 1 aliphatic rings. The van der Waals surface area contributed by atoms with Crippen molar-refractivity contribution in [3.05, 3.63) is 0 Å². The fraction of sp³-hybridized carbons (Fsp3) is 0.862. The quantitative estimate of drug-likeness (QED) is 0.0739. The van der Waals surface area contributed by atoms with Gasteiger partial charge in [-0.2, -0.15) is 0 Å². The number of carbonyl (C=O) groups excluding carboxylic acids is 2. The van der Waals surface area contributed by atoms with Gasteiger partial charge >= 0.3 is 0 Å². The van der Waals surface area contributed by atoms with Crippen LogP contribution in [0.2, 0.25) is 0 Å². The van der Waals surface area contributed by atoms with Crippen LogP contribution in [0.1, 0.15) is 102 Å².